The van der Waals surface area contributed by atoms with Gasteiger partial charge in [-0.2, -0.15) is 13.8 Å². The van der Waals surface area contributed by atoms with Gasteiger partial charge in [-0.1, -0.05) is 22.9 Å². The Bertz CT molecular complexity index is 1570. The van der Waals surface area contributed by atoms with Crippen molar-refractivity contribution in [1.82, 2.24) is 30.3 Å². The van der Waals surface area contributed by atoms with E-state index in [4.69, 9.17) is 9.26 Å². The van der Waals surface area contributed by atoms with Crippen LogP contribution in [0.4, 0.5) is 29.9 Å². The zero-order chi connectivity index (χ0) is 34.1. The van der Waals surface area contributed by atoms with Gasteiger partial charge in [0.2, 0.25) is 11.8 Å². The highest BCUT2D eigenvalue weighted by atomic mass is 19.3. The third-order valence-corrected chi connectivity index (χ3v) is 8.33. The van der Waals surface area contributed by atoms with Gasteiger partial charge >= 0.3 is 18.0 Å². The molecule has 0 saturated carbocycles. The predicted molar refractivity (Wildman–Crippen MR) is 167 cm³/mol. The number of nitrogens with zero attached hydrogens (tertiary/aromatic N) is 7. The van der Waals surface area contributed by atoms with E-state index in [1.807, 2.05) is 18.7 Å². The molecule has 254 valence electrons. The van der Waals surface area contributed by atoms with Crippen molar-refractivity contribution in [1.29, 1.82) is 0 Å². The summed E-state index contributed by atoms with van der Waals surface area (Å²) < 4.78 is 52.6. The number of alkyl halides is 2. The minimum Gasteiger partial charge on any atom is -0.444 e. The van der Waals surface area contributed by atoms with Crippen LogP contribution in [0.15, 0.2) is 35.1 Å². The second kappa shape index (κ2) is 13.4. The van der Waals surface area contributed by atoms with Crippen molar-refractivity contribution >= 4 is 24.0 Å². The van der Waals surface area contributed by atoms with Gasteiger partial charge in [0, 0.05) is 64.0 Å². The number of piperidine rings is 1. The van der Waals surface area contributed by atoms with Crippen LogP contribution in [0.1, 0.15) is 80.7 Å². The van der Waals surface area contributed by atoms with E-state index in [9.17, 15) is 18.4 Å². The summed E-state index contributed by atoms with van der Waals surface area (Å²) in [6.07, 6.45) is 3.51. The van der Waals surface area contributed by atoms with Crippen LogP contribution in [0.2, 0.25) is 0 Å². The molecule has 2 aromatic heterocycles. The molecule has 0 aliphatic carbocycles. The van der Waals surface area contributed by atoms with Crippen molar-refractivity contribution in [2.24, 2.45) is 0 Å². The topological polar surface area (TPSA) is 130 Å². The van der Waals surface area contributed by atoms with Crippen LogP contribution in [0, 0.1) is 12.7 Å². The molecule has 2 fully saturated rings. The Hall–Kier alpha value is -4.43. The average molecular weight is 659 g/mol. The molecular formula is C32H41F3N8O4. The van der Waals surface area contributed by atoms with E-state index in [1.165, 1.54) is 18.5 Å². The number of anilines is 2. The molecule has 2 atom stereocenters. The maximum Gasteiger partial charge on any atom is 0.407 e. The summed E-state index contributed by atoms with van der Waals surface area (Å²) in [6, 6.07) is 4.36. The molecule has 0 radical (unpaired) electrons. The lowest BCUT2D eigenvalue weighted by molar-refractivity contribution is 0.00557. The van der Waals surface area contributed by atoms with Crippen molar-refractivity contribution in [3.63, 3.8) is 0 Å². The summed E-state index contributed by atoms with van der Waals surface area (Å²) in [5.74, 6) is -4.50. The molecule has 15 heteroatoms. The number of ether oxygens (including phenoxy) is 1. The maximum atomic E-state index is 15.0. The van der Waals surface area contributed by atoms with Crippen LogP contribution in [-0.2, 0) is 10.7 Å². The van der Waals surface area contributed by atoms with E-state index in [-0.39, 0.29) is 23.8 Å². The monoisotopic (exact) mass is 658 g/mol. The smallest absolute Gasteiger partial charge is 0.407 e. The molecule has 3 aromatic rings. The van der Waals surface area contributed by atoms with Gasteiger partial charge in [0.15, 0.2) is 0 Å². The molecule has 2 amide bonds. The number of benzene rings is 1. The zero-order valence-electron chi connectivity index (χ0n) is 27.5. The van der Waals surface area contributed by atoms with E-state index in [2.05, 4.69) is 25.4 Å². The fraction of sp³-hybridized carbons (Fsp3) is 0.562. The molecule has 47 heavy (non-hydrogen) atoms. The number of nitrogens with one attached hydrogen (secondary N) is 1. The summed E-state index contributed by atoms with van der Waals surface area (Å²) in [4.78, 5) is 44.4. The first-order valence-corrected chi connectivity index (χ1v) is 15.7. The molecule has 1 N–H and O–H groups in total. The van der Waals surface area contributed by atoms with Crippen molar-refractivity contribution in [3.05, 3.63) is 58.9 Å². The van der Waals surface area contributed by atoms with Gasteiger partial charge in [0.25, 0.3) is 5.91 Å². The number of halogens is 3. The van der Waals surface area contributed by atoms with Gasteiger partial charge in [0.05, 0.1) is 11.6 Å². The number of carbonyl (C=O) groups excluding carboxylic acids is 2. The van der Waals surface area contributed by atoms with E-state index in [0.29, 0.717) is 69.6 Å². The molecule has 2 aliphatic heterocycles. The maximum absolute atomic E-state index is 15.0. The highest BCUT2D eigenvalue weighted by Gasteiger charge is 2.39. The van der Waals surface area contributed by atoms with E-state index in [0.717, 1.165) is 5.56 Å². The fourth-order valence-electron chi connectivity index (χ4n) is 6.05. The fourth-order valence-corrected chi connectivity index (χ4v) is 6.05. The minimum atomic E-state index is -3.20. The molecule has 1 aromatic carbocycles. The number of carbonyl (C=O) groups is 2. The molecule has 12 nitrogen and oxygen atoms in total. The third kappa shape index (κ3) is 7.93. The number of rotatable bonds is 8. The largest absolute Gasteiger partial charge is 0.444 e. The van der Waals surface area contributed by atoms with Crippen LogP contribution in [-0.4, -0.2) is 87.4 Å². The minimum absolute atomic E-state index is 0.0381. The molecule has 0 spiro atoms. The van der Waals surface area contributed by atoms with Gasteiger partial charge in [-0.3, -0.25) is 4.79 Å². The van der Waals surface area contributed by atoms with Crippen LogP contribution in [0.5, 0.6) is 0 Å². The van der Waals surface area contributed by atoms with Crippen molar-refractivity contribution in [2.75, 3.05) is 42.5 Å². The number of alkyl carbamates (subject to hydrolysis) is 1. The van der Waals surface area contributed by atoms with E-state index >= 15 is 4.39 Å². The van der Waals surface area contributed by atoms with Gasteiger partial charge in [-0.15, -0.1) is 0 Å². The van der Waals surface area contributed by atoms with Crippen LogP contribution in [0.3, 0.4) is 0 Å². The Morgan fingerprint density at radius 3 is 2.36 bits per heavy atom. The van der Waals surface area contributed by atoms with Gasteiger partial charge in [0.1, 0.15) is 11.4 Å². The van der Waals surface area contributed by atoms with Crippen molar-refractivity contribution in [3.8, 4) is 0 Å². The molecule has 2 saturated heterocycles. The lowest BCUT2D eigenvalue weighted by Crippen LogP contribution is -2.47. The van der Waals surface area contributed by atoms with Gasteiger partial charge in [-0.25, -0.2) is 19.2 Å². The molecule has 4 heterocycles. The number of hydrogen-bond donors (Lipinski definition) is 1. The number of aryl methyl sites for hydroxylation is 1. The molecule has 2 aliphatic rings. The first-order valence-electron chi connectivity index (χ1n) is 15.7. The van der Waals surface area contributed by atoms with E-state index in [1.54, 1.807) is 42.7 Å². The normalized spacial score (nSPS) is 19.2. The second-order valence-corrected chi connectivity index (χ2v) is 13.2. The highest BCUT2D eigenvalue weighted by Crippen LogP contribution is 2.33. The molecule has 2 unspecified atom stereocenters. The molecule has 0 bridgehead atoms. The molecular weight excluding hydrogens is 617 g/mol. The van der Waals surface area contributed by atoms with Gasteiger partial charge in [-0.05, 0) is 59.1 Å². The lowest BCUT2D eigenvalue weighted by Gasteiger charge is -2.37. The Morgan fingerprint density at radius 1 is 1.09 bits per heavy atom. The lowest BCUT2D eigenvalue weighted by atomic mass is 9.92. The number of hydrogen-bond acceptors (Lipinski definition) is 10. The van der Waals surface area contributed by atoms with Crippen LogP contribution < -0.4 is 15.1 Å². The molecule has 5 rings (SSSR count). The van der Waals surface area contributed by atoms with Crippen molar-refractivity contribution in [2.45, 2.75) is 83.9 Å². The standard InChI is InChI=1S/C32H41F3N8O4/c1-7-43(21-10-12-41(13-11-21)29-39-27(40-47-29)32(6,34)35)26(44)20-15-36-28(37-16-20)42-17-23(22-14-19(2)8-9-24(22)33)25(18-42)38-30(45)46-31(3,4)5/h8-9,14-16,21,23,25H,7,10-13,17-18H2,1-6H3,(H,38,45). The summed E-state index contributed by atoms with van der Waals surface area (Å²) in [7, 11) is 0. The van der Waals surface area contributed by atoms with Gasteiger partial charge < -0.3 is 29.3 Å². The van der Waals surface area contributed by atoms with Crippen LogP contribution >= 0.6 is 0 Å². The highest BCUT2D eigenvalue weighted by molar-refractivity contribution is 5.94. The number of aromatic nitrogens is 4. The Labute approximate surface area is 271 Å². The quantitative estimate of drug-likeness (QED) is 0.351. The van der Waals surface area contributed by atoms with Crippen molar-refractivity contribution < 1.29 is 32.0 Å². The predicted octanol–water partition coefficient (Wildman–Crippen LogP) is 5.05. The average Bonchev–Trinajstić information content (AvgIpc) is 3.67. The Morgan fingerprint density at radius 2 is 1.77 bits per heavy atom. The zero-order valence-corrected chi connectivity index (χ0v) is 27.5. The summed E-state index contributed by atoms with van der Waals surface area (Å²) in [6.45, 7) is 11.8. The Kier molecular flexibility index (Phi) is 9.64. The Balaban J connectivity index is 1.26. The summed E-state index contributed by atoms with van der Waals surface area (Å²) in [5.41, 5.74) is 0.988. The second-order valence-electron chi connectivity index (χ2n) is 13.2. The number of amides is 2. The SMILES string of the molecule is CCN(C(=O)c1cnc(N2CC(NC(=O)OC(C)(C)C)C(c3cc(C)ccc3F)C2)nc1)C1CCN(c2nc(C(C)(F)F)no2)CC1. The van der Waals surface area contributed by atoms with Crippen LogP contribution in [0.25, 0.3) is 0 Å². The first kappa shape index (κ1) is 33.9. The van der Waals surface area contributed by atoms with E-state index < -0.39 is 35.4 Å². The first-order chi connectivity index (χ1) is 22.1. The third-order valence-electron chi connectivity index (χ3n) is 8.33. The summed E-state index contributed by atoms with van der Waals surface area (Å²) >= 11 is 0. The summed E-state index contributed by atoms with van der Waals surface area (Å²) in [5, 5.41) is 6.30.